The lowest BCUT2D eigenvalue weighted by Gasteiger charge is -2.29. The van der Waals surface area contributed by atoms with Crippen molar-refractivity contribution in [2.45, 2.75) is 26.3 Å². The Bertz CT molecular complexity index is 803. The Morgan fingerprint density at radius 1 is 1.12 bits per heavy atom. The van der Waals surface area contributed by atoms with Crippen molar-refractivity contribution in [1.29, 1.82) is 0 Å². The van der Waals surface area contributed by atoms with E-state index in [-0.39, 0.29) is 18.5 Å². The van der Waals surface area contributed by atoms with Gasteiger partial charge in [0.1, 0.15) is 0 Å². The van der Waals surface area contributed by atoms with Crippen molar-refractivity contribution < 1.29 is 9.59 Å². The number of fused-ring (bicyclic) bond motifs is 1. The maximum atomic E-state index is 12.6. The predicted octanol–water partition coefficient (Wildman–Crippen LogP) is 3.12. The highest BCUT2D eigenvalue weighted by molar-refractivity contribution is 5.97. The van der Waals surface area contributed by atoms with Gasteiger partial charge in [-0.25, -0.2) is 4.79 Å². The largest absolute Gasteiger partial charge is 0.329 e. The summed E-state index contributed by atoms with van der Waals surface area (Å²) in [4.78, 5) is 28.3. The van der Waals surface area contributed by atoms with Crippen molar-refractivity contribution in [3.8, 4) is 0 Å². The number of nitrogens with one attached hydrogen (secondary N) is 1. The SMILES string of the molecule is Cc1ccccc1CN(C)C(=O)NCC(=O)N1CCCc2ccccc21. The summed E-state index contributed by atoms with van der Waals surface area (Å²) in [6, 6.07) is 15.7. The maximum Gasteiger partial charge on any atom is 0.317 e. The summed E-state index contributed by atoms with van der Waals surface area (Å²) < 4.78 is 0. The van der Waals surface area contributed by atoms with Crippen LogP contribution in [0.5, 0.6) is 0 Å². The topological polar surface area (TPSA) is 52.7 Å². The molecular weight excluding hydrogens is 326 g/mol. The highest BCUT2D eigenvalue weighted by Gasteiger charge is 2.22. The number of aryl methyl sites for hydroxylation is 2. The molecule has 0 unspecified atom stereocenters. The molecule has 26 heavy (non-hydrogen) atoms. The molecule has 0 saturated carbocycles. The molecule has 5 nitrogen and oxygen atoms in total. The van der Waals surface area contributed by atoms with Crippen molar-refractivity contribution in [3.05, 3.63) is 65.2 Å². The smallest absolute Gasteiger partial charge is 0.317 e. The van der Waals surface area contributed by atoms with Crippen molar-refractivity contribution >= 4 is 17.6 Å². The van der Waals surface area contributed by atoms with Crippen LogP contribution in [0.4, 0.5) is 10.5 Å². The number of para-hydroxylation sites is 1. The second-order valence-electron chi connectivity index (χ2n) is 6.72. The molecule has 0 fully saturated rings. The van der Waals surface area contributed by atoms with Crippen LogP contribution >= 0.6 is 0 Å². The number of carbonyl (C=O) groups excluding carboxylic acids is 2. The van der Waals surface area contributed by atoms with Crippen LogP contribution in [0.15, 0.2) is 48.5 Å². The third kappa shape index (κ3) is 4.04. The molecule has 0 bridgehead atoms. The monoisotopic (exact) mass is 351 g/mol. The first-order chi connectivity index (χ1) is 12.6. The van der Waals surface area contributed by atoms with Crippen molar-refractivity contribution in [1.82, 2.24) is 10.2 Å². The number of rotatable bonds is 4. The lowest BCUT2D eigenvalue weighted by molar-refractivity contribution is -0.117. The highest BCUT2D eigenvalue weighted by Crippen LogP contribution is 2.26. The molecule has 1 N–H and O–H groups in total. The van der Waals surface area contributed by atoms with Crippen LogP contribution in [0.25, 0.3) is 0 Å². The molecule has 0 atom stereocenters. The van der Waals surface area contributed by atoms with Gasteiger partial charge in [0, 0.05) is 25.8 Å². The number of hydrogen-bond donors (Lipinski definition) is 1. The van der Waals surface area contributed by atoms with E-state index < -0.39 is 0 Å². The zero-order chi connectivity index (χ0) is 18.5. The van der Waals surface area contributed by atoms with Crippen molar-refractivity contribution in [3.63, 3.8) is 0 Å². The molecule has 1 aliphatic rings. The van der Waals surface area contributed by atoms with Gasteiger partial charge in [0.15, 0.2) is 0 Å². The van der Waals surface area contributed by atoms with Crippen LogP contribution in [-0.4, -0.2) is 37.0 Å². The normalized spacial score (nSPS) is 13.1. The number of nitrogens with zero attached hydrogens (tertiary/aromatic N) is 2. The third-order valence-corrected chi connectivity index (χ3v) is 4.82. The molecule has 1 heterocycles. The zero-order valence-corrected chi connectivity index (χ0v) is 15.4. The van der Waals surface area contributed by atoms with E-state index in [9.17, 15) is 9.59 Å². The van der Waals surface area contributed by atoms with Gasteiger partial charge in [0.2, 0.25) is 5.91 Å². The van der Waals surface area contributed by atoms with E-state index in [0.717, 1.165) is 29.7 Å². The molecule has 0 aliphatic carbocycles. The van der Waals surface area contributed by atoms with E-state index in [1.54, 1.807) is 16.8 Å². The number of benzene rings is 2. The van der Waals surface area contributed by atoms with Gasteiger partial charge < -0.3 is 15.1 Å². The summed E-state index contributed by atoms with van der Waals surface area (Å²) in [5.74, 6) is -0.0743. The molecule has 3 rings (SSSR count). The molecule has 0 radical (unpaired) electrons. The Morgan fingerprint density at radius 2 is 1.85 bits per heavy atom. The standard InChI is InChI=1S/C21H25N3O2/c1-16-8-3-4-10-18(16)15-23(2)21(26)22-14-20(25)24-13-7-11-17-9-5-6-12-19(17)24/h3-6,8-10,12H,7,11,13-15H2,1-2H3,(H,22,26). The second-order valence-corrected chi connectivity index (χ2v) is 6.72. The van der Waals surface area contributed by atoms with Crippen molar-refractivity contribution in [2.75, 3.05) is 25.0 Å². The van der Waals surface area contributed by atoms with Crippen LogP contribution in [0.2, 0.25) is 0 Å². The molecule has 0 spiro atoms. The Kier molecular flexibility index (Phi) is 5.56. The fourth-order valence-corrected chi connectivity index (χ4v) is 3.29. The Morgan fingerprint density at radius 3 is 2.65 bits per heavy atom. The molecular formula is C21H25N3O2. The first-order valence-corrected chi connectivity index (χ1v) is 8.98. The first-order valence-electron chi connectivity index (χ1n) is 8.98. The van der Waals surface area contributed by atoms with Gasteiger partial charge >= 0.3 is 6.03 Å². The number of amides is 3. The molecule has 2 aromatic carbocycles. The minimum Gasteiger partial charge on any atom is -0.329 e. The minimum atomic E-state index is -0.244. The highest BCUT2D eigenvalue weighted by atomic mass is 16.2. The van der Waals surface area contributed by atoms with Crippen molar-refractivity contribution in [2.24, 2.45) is 0 Å². The third-order valence-electron chi connectivity index (χ3n) is 4.82. The number of carbonyl (C=O) groups is 2. The molecule has 3 amide bonds. The number of hydrogen-bond acceptors (Lipinski definition) is 2. The second kappa shape index (κ2) is 8.04. The molecule has 1 aliphatic heterocycles. The van der Waals surface area contributed by atoms with Crippen LogP contribution in [-0.2, 0) is 17.8 Å². The molecule has 0 aromatic heterocycles. The van der Waals surface area contributed by atoms with Crippen LogP contribution in [0.1, 0.15) is 23.1 Å². The van der Waals surface area contributed by atoms with E-state index in [2.05, 4.69) is 11.4 Å². The maximum absolute atomic E-state index is 12.6. The molecule has 136 valence electrons. The van der Waals surface area contributed by atoms with Gasteiger partial charge in [-0.2, -0.15) is 0 Å². The quantitative estimate of drug-likeness (QED) is 0.920. The van der Waals surface area contributed by atoms with Crippen LogP contribution in [0.3, 0.4) is 0 Å². The first kappa shape index (κ1) is 18.0. The van der Waals surface area contributed by atoms with E-state index >= 15 is 0 Å². The van der Waals surface area contributed by atoms with Gasteiger partial charge in [0.25, 0.3) is 0 Å². The van der Waals surface area contributed by atoms with E-state index in [4.69, 9.17) is 0 Å². The Balaban J connectivity index is 1.56. The lowest BCUT2D eigenvalue weighted by atomic mass is 10.0. The fraction of sp³-hybridized carbons (Fsp3) is 0.333. The summed E-state index contributed by atoms with van der Waals surface area (Å²) in [6.07, 6.45) is 1.94. The Hall–Kier alpha value is -2.82. The molecule has 5 heteroatoms. The number of urea groups is 1. The van der Waals surface area contributed by atoms with Gasteiger partial charge in [-0.1, -0.05) is 42.5 Å². The predicted molar refractivity (Wildman–Crippen MR) is 103 cm³/mol. The molecule has 0 saturated heterocycles. The lowest BCUT2D eigenvalue weighted by Crippen LogP contribution is -2.45. The number of anilines is 1. The fourth-order valence-electron chi connectivity index (χ4n) is 3.29. The van der Waals surface area contributed by atoms with E-state index in [1.807, 2.05) is 49.4 Å². The summed E-state index contributed by atoms with van der Waals surface area (Å²) in [6.45, 7) is 3.24. The Labute approximate surface area is 154 Å². The van der Waals surface area contributed by atoms with Gasteiger partial charge in [-0.3, -0.25) is 4.79 Å². The van der Waals surface area contributed by atoms with Crippen LogP contribution < -0.4 is 10.2 Å². The average Bonchev–Trinajstić information content (AvgIpc) is 2.67. The summed E-state index contributed by atoms with van der Waals surface area (Å²) >= 11 is 0. The van der Waals surface area contributed by atoms with Gasteiger partial charge in [-0.05, 0) is 42.5 Å². The van der Waals surface area contributed by atoms with Gasteiger partial charge in [0.05, 0.1) is 6.54 Å². The van der Waals surface area contributed by atoms with E-state index in [0.29, 0.717) is 13.1 Å². The summed E-state index contributed by atoms with van der Waals surface area (Å²) in [5.41, 5.74) is 4.40. The van der Waals surface area contributed by atoms with E-state index in [1.165, 1.54) is 5.56 Å². The summed E-state index contributed by atoms with van der Waals surface area (Å²) in [7, 11) is 1.74. The zero-order valence-electron chi connectivity index (χ0n) is 15.4. The molecule has 2 aromatic rings. The van der Waals surface area contributed by atoms with Gasteiger partial charge in [-0.15, -0.1) is 0 Å². The summed E-state index contributed by atoms with van der Waals surface area (Å²) in [5, 5.41) is 2.75. The van der Waals surface area contributed by atoms with Crippen LogP contribution in [0, 0.1) is 6.92 Å². The minimum absolute atomic E-state index is 0.00524. The average molecular weight is 351 g/mol.